The van der Waals surface area contributed by atoms with Crippen LogP contribution < -0.4 is 5.32 Å². The molecule has 1 amide bonds. The molecule has 1 unspecified atom stereocenters. The van der Waals surface area contributed by atoms with Gasteiger partial charge in [0.25, 0.3) is 0 Å². The third-order valence-corrected chi connectivity index (χ3v) is 3.02. The van der Waals surface area contributed by atoms with Crippen LogP contribution in [0, 0.1) is 0 Å². The molecule has 1 atom stereocenters. The van der Waals surface area contributed by atoms with E-state index in [0.717, 1.165) is 5.56 Å². The van der Waals surface area contributed by atoms with Crippen molar-refractivity contribution in [3.63, 3.8) is 0 Å². The van der Waals surface area contributed by atoms with E-state index in [-0.39, 0.29) is 11.7 Å². The Morgan fingerprint density at radius 1 is 1.18 bits per heavy atom. The van der Waals surface area contributed by atoms with Crippen molar-refractivity contribution in [2.45, 2.75) is 39.2 Å². The zero-order valence-corrected chi connectivity index (χ0v) is 10.8. The van der Waals surface area contributed by atoms with Crippen LogP contribution in [0.5, 0.6) is 0 Å². The molecule has 0 saturated heterocycles. The highest BCUT2D eigenvalue weighted by Crippen LogP contribution is 2.23. The van der Waals surface area contributed by atoms with Gasteiger partial charge in [0.15, 0.2) is 5.78 Å². The second kappa shape index (κ2) is 5.13. The number of Topliss-reactive ketones (excluding diaryl/α,β-unsaturated/α-hetero) is 1. The van der Waals surface area contributed by atoms with Gasteiger partial charge in [0, 0.05) is 0 Å². The maximum absolute atomic E-state index is 12.1. The van der Waals surface area contributed by atoms with Crippen molar-refractivity contribution in [3.05, 3.63) is 35.9 Å². The van der Waals surface area contributed by atoms with Gasteiger partial charge in [-0.25, -0.2) is 0 Å². The molecule has 1 aromatic carbocycles. The molecule has 0 bridgehead atoms. The molecule has 1 rings (SSSR count). The zero-order chi connectivity index (χ0) is 13.1. The SMILES string of the molecule is CC(=O)C(C)NC(=O)C(C)(C)c1ccccc1. The normalized spacial score (nSPS) is 12.9. The lowest BCUT2D eigenvalue weighted by Crippen LogP contribution is -2.46. The molecule has 0 saturated carbocycles. The minimum atomic E-state index is -0.634. The van der Waals surface area contributed by atoms with Gasteiger partial charge < -0.3 is 5.32 Å². The van der Waals surface area contributed by atoms with E-state index in [1.54, 1.807) is 6.92 Å². The fourth-order valence-electron chi connectivity index (χ4n) is 1.46. The maximum atomic E-state index is 12.1. The molecule has 1 N–H and O–H groups in total. The van der Waals surface area contributed by atoms with E-state index >= 15 is 0 Å². The highest BCUT2D eigenvalue weighted by molar-refractivity contribution is 5.92. The number of rotatable bonds is 4. The monoisotopic (exact) mass is 233 g/mol. The molecule has 0 heterocycles. The average Bonchev–Trinajstić information content (AvgIpc) is 2.29. The number of ketones is 1. The molecule has 0 fully saturated rings. The first-order chi connectivity index (χ1) is 7.85. The fraction of sp³-hybridized carbons (Fsp3) is 0.429. The largest absolute Gasteiger partial charge is 0.346 e. The third kappa shape index (κ3) is 3.16. The van der Waals surface area contributed by atoms with Crippen LogP contribution in [0.2, 0.25) is 0 Å². The molecule has 3 heteroatoms. The van der Waals surface area contributed by atoms with Crippen molar-refractivity contribution >= 4 is 11.7 Å². The summed E-state index contributed by atoms with van der Waals surface area (Å²) in [6.45, 7) is 6.87. The summed E-state index contributed by atoms with van der Waals surface area (Å²) in [6.07, 6.45) is 0. The quantitative estimate of drug-likeness (QED) is 0.865. The van der Waals surface area contributed by atoms with Crippen LogP contribution >= 0.6 is 0 Å². The van der Waals surface area contributed by atoms with Crippen LogP contribution in [-0.4, -0.2) is 17.7 Å². The van der Waals surface area contributed by atoms with E-state index in [0.29, 0.717) is 0 Å². The van der Waals surface area contributed by atoms with E-state index in [9.17, 15) is 9.59 Å². The maximum Gasteiger partial charge on any atom is 0.230 e. The second-order valence-electron chi connectivity index (χ2n) is 4.80. The third-order valence-electron chi connectivity index (χ3n) is 3.02. The Bertz CT molecular complexity index is 409. The summed E-state index contributed by atoms with van der Waals surface area (Å²) in [5.74, 6) is -0.173. The zero-order valence-electron chi connectivity index (χ0n) is 10.8. The number of carbonyl (C=O) groups excluding carboxylic acids is 2. The van der Waals surface area contributed by atoms with Crippen molar-refractivity contribution in [1.29, 1.82) is 0 Å². The van der Waals surface area contributed by atoms with Gasteiger partial charge in [0.05, 0.1) is 11.5 Å². The predicted molar refractivity (Wildman–Crippen MR) is 67.8 cm³/mol. The number of amides is 1. The number of carbonyl (C=O) groups is 2. The lowest BCUT2D eigenvalue weighted by atomic mass is 9.83. The topological polar surface area (TPSA) is 46.2 Å². The first-order valence-electron chi connectivity index (χ1n) is 5.72. The van der Waals surface area contributed by atoms with Crippen LogP contribution in [-0.2, 0) is 15.0 Å². The molecule has 3 nitrogen and oxygen atoms in total. The fourth-order valence-corrected chi connectivity index (χ4v) is 1.46. The Labute approximate surface area is 102 Å². The van der Waals surface area contributed by atoms with Gasteiger partial charge in [-0.1, -0.05) is 30.3 Å². The van der Waals surface area contributed by atoms with Crippen LogP contribution in [0.25, 0.3) is 0 Å². The summed E-state index contributed by atoms with van der Waals surface area (Å²) < 4.78 is 0. The molecule has 0 radical (unpaired) electrons. The lowest BCUT2D eigenvalue weighted by Gasteiger charge is -2.25. The van der Waals surface area contributed by atoms with Crippen LogP contribution in [0.15, 0.2) is 30.3 Å². The number of hydrogen-bond acceptors (Lipinski definition) is 2. The molecule has 0 aromatic heterocycles. The van der Waals surface area contributed by atoms with E-state index < -0.39 is 11.5 Å². The second-order valence-corrected chi connectivity index (χ2v) is 4.80. The van der Waals surface area contributed by atoms with Crippen molar-refractivity contribution < 1.29 is 9.59 Å². The number of hydrogen-bond donors (Lipinski definition) is 1. The summed E-state index contributed by atoms with van der Waals surface area (Å²) in [5.41, 5.74) is 0.304. The highest BCUT2D eigenvalue weighted by Gasteiger charge is 2.30. The van der Waals surface area contributed by atoms with Crippen LogP contribution in [0.3, 0.4) is 0 Å². The van der Waals surface area contributed by atoms with E-state index in [4.69, 9.17) is 0 Å². The molecule has 0 aliphatic heterocycles. The Morgan fingerprint density at radius 3 is 2.18 bits per heavy atom. The van der Waals surface area contributed by atoms with Crippen molar-refractivity contribution in [2.75, 3.05) is 0 Å². The molecule has 0 spiro atoms. The van der Waals surface area contributed by atoms with Gasteiger partial charge in [-0.2, -0.15) is 0 Å². The van der Waals surface area contributed by atoms with Gasteiger partial charge in [-0.05, 0) is 33.3 Å². The van der Waals surface area contributed by atoms with Gasteiger partial charge in [0.2, 0.25) is 5.91 Å². The van der Waals surface area contributed by atoms with Crippen LogP contribution in [0.4, 0.5) is 0 Å². The molecule has 0 aliphatic carbocycles. The Balaban J connectivity index is 2.84. The molecular formula is C14H19NO2. The first-order valence-corrected chi connectivity index (χ1v) is 5.72. The summed E-state index contributed by atoms with van der Waals surface area (Å²) in [5, 5.41) is 2.73. The minimum absolute atomic E-state index is 0.0396. The molecule has 0 aliphatic rings. The summed E-state index contributed by atoms with van der Waals surface area (Å²) in [6, 6.07) is 9.11. The minimum Gasteiger partial charge on any atom is -0.346 e. The lowest BCUT2D eigenvalue weighted by molar-refractivity contribution is -0.129. The van der Waals surface area contributed by atoms with Crippen molar-refractivity contribution in [3.8, 4) is 0 Å². The van der Waals surface area contributed by atoms with Crippen molar-refractivity contribution in [1.82, 2.24) is 5.32 Å². The Kier molecular flexibility index (Phi) is 4.05. The molecule has 17 heavy (non-hydrogen) atoms. The van der Waals surface area contributed by atoms with Gasteiger partial charge in [-0.15, -0.1) is 0 Å². The Morgan fingerprint density at radius 2 is 1.71 bits per heavy atom. The van der Waals surface area contributed by atoms with E-state index in [1.807, 2.05) is 44.2 Å². The first kappa shape index (κ1) is 13.4. The summed E-state index contributed by atoms with van der Waals surface area (Å²) >= 11 is 0. The van der Waals surface area contributed by atoms with Crippen LogP contribution in [0.1, 0.15) is 33.3 Å². The number of nitrogens with one attached hydrogen (secondary N) is 1. The number of benzene rings is 1. The standard InChI is InChI=1S/C14H19NO2/c1-10(11(2)16)15-13(17)14(3,4)12-8-6-5-7-9-12/h5-10H,1-4H3,(H,15,17). The summed E-state index contributed by atoms with van der Waals surface area (Å²) in [4.78, 5) is 23.2. The highest BCUT2D eigenvalue weighted by atomic mass is 16.2. The Hall–Kier alpha value is -1.64. The molecule has 92 valence electrons. The van der Waals surface area contributed by atoms with Gasteiger partial charge in [-0.3, -0.25) is 9.59 Å². The predicted octanol–water partition coefficient (Wildman–Crippen LogP) is 2.06. The molecule has 1 aromatic rings. The van der Waals surface area contributed by atoms with Gasteiger partial charge >= 0.3 is 0 Å². The summed E-state index contributed by atoms with van der Waals surface area (Å²) in [7, 11) is 0. The molecular weight excluding hydrogens is 214 g/mol. The van der Waals surface area contributed by atoms with E-state index in [2.05, 4.69) is 5.32 Å². The van der Waals surface area contributed by atoms with E-state index in [1.165, 1.54) is 6.92 Å². The van der Waals surface area contributed by atoms with Gasteiger partial charge in [0.1, 0.15) is 0 Å². The average molecular weight is 233 g/mol. The van der Waals surface area contributed by atoms with Crippen molar-refractivity contribution in [2.24, 2.45) is 0 Å². The smallest absolute Gasteiger partial charge is 0.230 e.